The molecule has 3 aromatic rings. The first-order valence-corrected chi connectivity index (χ1v) is 6.79. The van der Waals surface area contributed by atoms with Gasteiger partial charge in [0.05, 0.1) is 11.4 Å². The predicted molar refractivity (Wildman–Crippen MR) is 80.2 cm³/mol. The molecule has 0 amide bonds. The van der Waals surface area contributed by atoms with Crippen molar-refractivity contribution in [3.05, 3.63) is 65.8 Å². The smallest absolute Gasteiger partial charge is 0.181 e. The van der Waals surface area contributed by atoms with Crippen LogP contribution in [0.4, 0.5) is 0 Å². The zero-order valence-electron chi connectivity index (χ0n) is 12.0. The molecule has 21 heavy (non-hydrogen) atoms. The van der Waals surface area contributed by atoms with Crippen molar-refractivity contribution >= 4 is 5.78 Å². The van der Waals surface area contributed by atoms with E-state index in [0.717, 1.165) is 11.4 Å². The first kappa shape index (κ1) is 13.4. The molecule has 0 unspecified atom stereocenters. The highest BCUT2D eigenvalue weighted by atomic mass is 16.3. The average molecular weight is 280 g/mol. The fourth-order valence-electron chi connectivity index (χ4n) is 2.38. The van der Waals surface area contributed by atoms with Crippen LogP contribution in [0.25, 0.3) is 11.5 Å². The Morgan fingerprint density at radius 3 is 2.71 bits per heavy atom. The Morgan fingerprint density at radius 2 is 2.05 bits per heavy atom. The highest BCUT2D eigenvalue weighted by molar-refractivity contribution is 5.95. The topological polar surface area (TPSA) is 48.0 Å². The standard InChI is InChI=1S/C17H16N2O2/c1-12(20)14-9-16(19(2)10-14)17-15(18-11-21-17)8-13-6-4-3-5-7-13/h3-7,9-11H,8H2,1-2H3. The number of hydrogen-bond donors (Lipinski definition) is 0. The summed E-state index contributed by atoms with van der Waals surface area (Å²) < 4.78 is 7.45. The fraction of sp³-hybridized carbons (Fsp3) is 0.176. The van der Waals surface area contributed by atoms with Crippen LogP contribution in [-0.2, 0) is 13.5 Å². The van der Waals surface area contributed by atoms with Gasteiger partial charge >= 0.3 is 0 Å². The maximum absolute atomic E-state index is 11.5. The van der Waals surface area contributed by atoms with Crippen LogP contribution in [0.3, 0.4) is 0 Å². The normalized spacial score (nSPS) is 10.8. The van der Waals surface area contributed by atoms with Crippen LogP contribution in [-0.4, -0.2) is 15.3 Å². The van der Waals surface area contributed by atoms with Gasteiger partial charge in [-0.05, 0) is 18.6 Å². The summed E-state index contributed by atoms with van der Waals surface area (Å²) >= 11 is 0. The van der Waals surface area contributed by atoms with E-state index in [2.05, 4.69) is 17.1 Å². The minimum atomic E-state index is 0.0426. The van der Waals surface area contributed by atoms with E-state index in [-0.39, 0.29) is 5.78 Å². The number of rotatable bonds is 4. The molecule has 4 heteroatoms. The maximum atomic E-state index is 11.5. The van der Waals surface area contributed by atoms with Crippen molar-refractivity contribution in [3.63, 3.8) is 0 Å². The number of ketones is 1. The molecule has 0 bridgehead atoms. The lowest BCUT2D eigenvalue weighted by atomic mass is 10.1. The highest BCUT2D eigenvalue weighted by Gasteiger charge is 2.16. The average Bonchev–Trinajstić information content (AvgIpc) is 3.06. The Labute approximate surface area is 123 Å². The van der Waals surface area contributed by atoms with Crippen molar-refractivity contribution in [2.24, 2.45) is 7.05 Å². The van der Waals surface area contributed by atoms with Crippen LogP contribution >= 0.6 is 0 Å². The van der Waals surface area contributed by atoms with E-state index in [1.165, 1.54) is 12.0 Å². The molecule has 106 valence electrons. The van der Waals surface area contributed by atoms with Gasteiger partial charge in [-0.3, -0.25) is 4.79 Å². The number of oxazole rings is 1. The molecule has 0 spiro atoms. The van der Waals surface area contributed by atoms with E-state index in [0.29, 0.717) is 17.7 Å². The zero-order valence-corrected chi connectivity index (χ0v) is 12.0. The molecule has 1 aromatic carbocycles. The molecule has 0 aliphatic carbocycles. The molecular weight excluding hydrogens is 264 g/mol. The summed E-state index contributed by atoms with van der Waals surface area (Å²) in [6, 6.07) is 12.0. The van der Waals surface area contributed by atoms with E-state index in [4.69, 9.17) is 4.42 Å². The Bertz CT molecular complexity index is 769. The second-order valence-electron chi connectivity index (χ2n) is 5.07. The van der Waals surface area contributed by atoms with Crippen LogP contribution in [0.1, 0.15) is 28.5 Å². The monoisotopic (exact) mass is 280 g/mol. The zero-order chi connectivity index (χ0) is 14.8. The molecule has 0 fully saturated rings. The number of aryl methyl sites for hydroxylation is 1. The summed E-state index contributed by atoms with van der Waals surface area (Å²) in [5.74, 6) is 0.759. The van der Waals surface area contributed by atoms with Gasteiger partial charge in [-0.2, -0.15) is 0 Å². The third-order valence-corrected chi connectivity index (χ3v) is 3.50. The van der Waals surface area contributed by atoms with Crippen molar-refractivity contribution in [1.82, 2.24) is 9.55 Å². The van der Waals surface area contributed by atoms with Crippen LogP contribution in [0, 0.1) is 0 Å². The van der Waals surface area contributed by atoms with Crippen molar-refractivity contribution in [2.45, 2.75) is 13.3 Å². The first-order valence-electron chi connectivity index (χ1n) is 6.79. The van der Waals surface area contributed by atoms with Crippen molar-refractivity contribution in [2.75, 3.05) is 0 Å². The van der Waals surface area contributed by atoms with Crippen LogP contribution in [0.15, 0.2) is 53.4 Å². The highest BCUT2D eigenvalue weighted by Crippen LogP contribution is 2.26. The molecule has 0 radical (unpaired) electrons. The summed E-state index contributed by atoms with van der Waals surface area (Å²) in [7, 11) is 1.90. The number of hydrogen-bond acceptors (Lipinski definition) is 3. The summed E-state index contributed by atoms with van der Waals surface area (Å²) in [5.41, 5.74) is 3.59. The van der Waals surface area contributed by atoms with Gasteiger partial charge < -0.3 is 8.98 Å². The second-order valence-corrected chi connectivity index (χ2v) is 5.07. The minimum Gasteiger partial charge on any atom is -0.442 e. The van der Waals surface area contributed by atoms with Crippen molar-refractivity contribution in [1.29, 1.82) is 0 Å². The third kappa shape index (κ3) is 2.65. The van der Waals surface area contributed by atoms with E-state index in [1.807, 2.05) is 42.1 Å². The van der Waals surface area contributed by atoms with Crippen LogP contribution in [0.2, 0.25) is 0 Å². The van der Waals surface area contributed by atoms with E-state index < -0.39 is 0 Å². The summed E-state index contributed by atoms with van der Waals surface area (Å²) in [5, 5.41) is 0. The van der Waals surface area contributed by atoms with Gasteiger partial charge in [0.15, 0.2) is 17.9 Å². The van der Waals surface area contributed by atoms with Gasteiger partial charge in [0.25, 0.3) is 0 Å². The van der Waals surface area contributed by atoms with Gasteiger partial charge in [0.1, 0.15) is 0 Å². The van der Waals surface area contributed by atoms with E-state index in [9.17, 15) is 4.79 Å². The van der Waals surface area contributed by atoms with E-state index >= 15 is 0 Å². The number of carbonyl (C=O) groups is 1. The molecule has 0 saturated carbocycles. The SMILES string of the molecule is CC(=O)c1cc(-c2ocnc2Cc2ccccc2)n(C)c1. The Balaban J connectivity index is 1.97. The van der Waals surface area contributed by atoms with Crippen LogP contribution < -0.4 is 0 Å². The van der Waals surface area contributed by atoms with Crippen molar-refractivity contribution in [3.8, 4) is 11.5 Å². The number of benzene rings is 1. The number of nitrogens with zero attached hydrogens (tertiary/aromatic N) is 2. The lowest BCUT2D eigenvalue weighted by Gasteiger charge is -2.03. The van der Waals surface area contributed by atoms with E-state index in [1.54, 1.807) is 6.92 Å². The van der Waals surface area contributed by atoms with Gasteiger partial charge in [-0.1, -0.05) is 30.3 Å². The van der Waals surface area contributed by atoms with Crippen LogP contribution in [0.5, 0.6) is 0 Å². The van der Waals surface area contributed by atoms with Gasteiger partial charge in [-0.25, -0.2) is 4.98 Å². The van der Waals surface area contributed by atoms with Crippen molar-refractivity contribution < 1.29 is 9.21 Å². The molecule has 0 N–H and O–H groups in total. The summed E-state index contributed by atoms with van der Waals surface area (Å²) in [4.78, 5) is 15.8. The number of carbonyl (C=O) groups excluding carboxylic acids is 1. The molecule has 2 aromatic heterocycles. The molecular formula is C17H16N2O2. The molecule has 4 nitrogen and oxygen atoms in total. The molecule has 3 rings (SSSR count). The summed E-state index contributed by atoms with van der Waals surface area (Å²) in [6.07, 6.45) is 3.97. The molecule has 0 aliphatic heterocycles. The number of Topliss-reactive ketones (excluding diaryl/α,β-unsaturated/α-hetero) is 1. The lowest BCUT2D eigenvalue weighted by molar-refractivity contribution is 0.101. The minimum absolute atomic E-state index is 0.0426. The van der Waals surface area contributed by atoms with Gasteiger partial charge in [-0.15, -0.1) is 0 Å². The molecule has 0 saturated heterocycles. The molecule has 0 atom stereocenters. The Kier molecular flexibility index (Phi) is 3.44. The molecule has 0 aliphatic rings. The number of aromatic nitrogens is 2. The molecule has 2 heterocycles. The summed E-state index contributed by atoms with van der Waals surface area (Å²) in [6.45, 7) is 1.56. The van der Waals surface area contributed by atoms with Gasteiger partial charge in [0, 0.05) is 25.2 Å². The maximum Gasteiger partial charge on any atom is 0.181 e. The lowest BCUT2D eigenvalue weighted by Crippen LogP contribution is -1.94. The Morgan fingerprint density at radius 1 is 1.29 bits per heavy atom. The van der Waals surface area contributed by atoms with Gasteiger partial charge in [0.2, 0.25) is 0 Å². The third-order valence-electron chi connectivity index (χ3n) is 3.50. The largest absolute Gasteiger partial charge is 0.442 e. The quantitative estimate of drug-likeness (QED) is 0.687. The Hall–Kier alpha value is -2.62. The first-order chi connectivity index (χ1) is 10.1. The predicted octanol–water partition coefficient (Wildman–Crippen LogP) is 3.47. The fourth-order valence-corrected chi connectivity index (χ4v) is 2.38. The second kappa shape index (κ2) is 5.40.